The maximum Gasteiger partial charge on any atom is 0.271 e. The summed E-state index contributed by atoms with van der Waals surface area (Å²) in [6.07, 6.45) is 0. The fraction of sp³-hybridized carbons (Fsp3) is 0.0500. The van der Waals surface area contributed by atoms with E-state index >= 15 is 0 Å². The number of thioether (sulfide) groups is 1. The molecule has 7 heteroatoms. The van der Waals surface area contributed by atoms with Gasteiger partial charge in [0.15, 0.2) is 0 Å². The quantitative estimate of drug-likeness (QED) is 0.327. The number of rotatable bonds is 6. The van der Waals surface area contributed by atoms with Gasteiger partial charge in [0.2, 0.25) is 5.91 Å². The molecule has 3 aromatic rings. The Morgan fingerprint density at radius 1 is 1.00 bits per heavy atom. The van der Waals surface area contributed by atoms with Crippen LogP contribution in [-0.2, 0) is 4.79 Å². The molecular formula is C20H15ClN2O3S. The molecule has 27 heavy (non-hydrogen) atoms. The summed E-state index contributed by atoms with van der Waals surface area (Å²) in [5.74, 6) is -0.308. The van der Waals surface area contributed by atoms with Crippen molar-refractivity contribution in [2.45, 2.75) is 10.1 Å². The lowest BCUT2D eigenvalue weighted by Gasteiger charge is -2.17. The molecule has 0 unspecified atom stereocenters. The van der Waals surface area contributed by atoms with Gasteiger partial charge in [-0.2, -0.15) is 0 Å². The van der Waals surface area contributed by atoms with Gasteiger partial charge in [-0.3, -0.25) is 14.9 Å². The van der Waals surface area contributed by atoms with Crippen molar-refractivity contribution in [1.82, 2.24) is 0 Å². The van der Waals surface area contributed by atoms with Crippen LogP contribution in [-0.4, -0.2) is 10.8 Å². The van der Waals surface area contributed by atoms with Crippen molar-refractivity contribution in [3.05, 3.63) is 99.6 Å². The number of hydrogen-bond acceptors (Lipinski definition) is 4. The van der Waals surface area contributed by atoms with Gasteiger partial charge in [-0.25, -0.2) is 0 Å². The number of amides is 1. The lowest BCUT2D eigenvalue weighted by Crippen LogP contribution is -2.19. The monoisotopic (exact) mass is 398 g/mol. The number of carbonyl (C=O) groups excluding carboxylic acids is 1. The van der Waals surface area contributed by atoms with Crippen LogP contribution in [0.3, 0.4) is 0 Å². The molecular weight excluding hydrogens is 384 g/mol. The minimum atomic E-state index is -0.538. The summed E-state index contributed by atoms with van der Waals surface area (Å²) in [7, 11) is 0. The van der Waals surface area contributed by atoms with Gasteiger partial charge >= 0.3 is 0 Å². The second-order valence-corrected chi connectivity index (χ2v) is 7.22. The first kappa shape index (κ1) is 18.9. The SMILES string of the molecule is O=C(Nc1cc([N+](=O)[O-])ccc1Cl)[C@@H](Sc1ccccc1)c1ccccc1. The number of hydrogen-bond donors (Lipinski definition) is 1. The largest absolute Gasteiger partial charge is 0.323 e. The van der Waals surface area contributed by atoms with Crippen molar-refractivity contribution in [1.29, 1.82) is 0 Å². The van der Waals surface area contributed by atoms with E-state index in [1.54, 1.807) is 0 Å². The first-order valence-electron chi connectivity index (χ1n) is 8.06. The topological polar surface area (TPSA) is 72.2 Å². The molecule has 1 N–H and O–H groups in total. The Hall–Kier alpha value is -2.83. The average molecular weight is 399 g/mol. The van der Waals surface area contributed by atoms with Gasteiger partial charge in [0.25, 0.3) is 5.69 Å². The van der Waals surface area contributed by atoms with E-state index in [2.05, 4.69) is 5.32 Å². The summed E-state index contributed by atoms with van der Waals surface area (Å²) in [6.45, 7) is 0. The van der Waals surface area contributed by atoms with Crippen LogP contribution in [0.15, 0.2) is 83.8 Å². The zero-order chi connectivity index (χ0) is 19.2. The molecule has 0 heterocycles. The van der Waals surface area contributed by atoms with Gasteiger partial charge in [0.1, 0.15) is 5.25 Å². The maximum absolute atomic E-state index is 13.0. The zero-order valence-electron chi connectivity index (χ0n) is 14.0. The Bertz CT molecular complexity index is 952. The molecule has 136 valence electrons. The van der Waals surface area contributed by atoms with Crippen LogP contribution in [0.4, 0.5) is 11.4 Å². The van der Waals surface area contributed by atoms with Gasteiger partial charge in [-0.15, -0.1) is 11.8 Å². The van der Waals surface area contributed by atoms with Crippen LogP contribution in [0.25, 0.3) is 0 Å². The molecule has 1 amide bonds. The molecule has 0 aliphatic carbocycles. The van der Waals surface area contributed by atoms with Crippen molar-refractivity contribution in [3.8, 4) is 0 Å². The smallest absolute Gasteiger partial charge is 0.271 e. The van der Waals surface area contributed by atoms with Gasteiger partial charge in [0.05, 0.1) is 15.6 Å². The Balaban J connectivity index is 1.89. The third-order valence-electron chi connectivity index (χ3n) is 3.76. The number of non-ortho nitro benzene ring substituents is 1. The molecule has 0 spiro atoms. The number of benzene rings is 3. The van der Waals surface area contributed by atoms with Gasteiger partial charge in [0, 0.05) is 17.0 Å². The summed E-state index contributed by atoms with van der Waals surface area (Å²) in [6, 6.07) is 22.9. The number of anilines is 1. The van der Waals surface area contributed by atoms with Crippen molar-refractivity contribution in [2.75, 3.05) is 5.32 Å². The van der Waals surface area contributed by atoms with Crippen LogP contribution in [0.5, 0.6) is 0 Å². The van der Waals surface area contributed by atoms with Crippen molar-refractivity contribution < 1.29 is 9.72 Å². The minimum absolute atomic E-state index is 0.137. The summed E-state index contributed by atoms with van der Waals surface area (Å²) in [5, 5.41) is 13.4. The first-order chi connectivity index (χ1) is 13.0. The third kappa shape index (κ3) is 4.87. The number of carbonyl (C=O) groups is 1. The predicted molar refractivity (Wildman–Crippen MR) is 108 cm³/mol. The lowest BCUT2D eigenvalue weighted by molar-refractivity contribution is -0.384. The molecule has 0 bridgehead atoms. The Morgan fingerprint density at radius 2 is 1.63 bits per heavy atom. The molecule has 0 aliphatic heterocycles. The second-order valence-electron chi connectivity index (χ2n) is 5.63. The molecule has 0 aliphatic rings. The number of nitrogens with zero attached hydrogens (tertiary/aromatic N) is 1. The zero-order valence-corrected chi connectivity index (χ0v) is 15.6. The first-order valence-corrected chi connectivity index (χ1v) is 9.32. The Kier molecular flexibility index (Phi) is 6.11. The highest BCUT2D eigenvalue weighted by molar-refractivity contribution is 8.00. The van der Waals surface area contributed by atoms with E-state index in [1.165, 1.54) is 30.0 Å². The molecule has 3 rings (SSSR count). The number of halogens is 1. The third-order valence-corrected chi connectivity index (χ3v) is 5.35. The van der Waals surface area contributed by atoms with Crippen molar-refractivity contribution in [2.24, 2.45) is 0 Å². The van der Waals surface area contributed by atoms with Gasteiger partial charge in [-0.1, -0.05) is 60.1 Å². The van der Waals surface area contributed by atoms with Gasteiger partial charge < -0.3 is 5.32 Å². The number of nitro benzene ring substituents is 1. The van der Waals surface area contributed by atoms with E-state index in [1.807, 2.05) is 60.7 Å². The summed E-state index contributed by atoms with van der Waals surface area (Å²) in [4.78, 5) is 24.4. The lowest BCUT2D eigenvalue weighted by atomic mass is 10.1. The molecule has 0 fully saturated rings. The fourth-order valence-corrected chi connectivity index (χ4v) is 3.67. The summed E-state index contributed by atoms with van der Waals surface area (Å²) >= 11 is 7.51. The van der Waals surface area contributed by atoms with Crippen molar-refractivity contribution >= 4 is 40.6 Å². The van der Waals surface area contributed by atoms with E-state index in [0.717, 1.165) is 10.5 Å². The standard InChI is InChI=1S/C20H15ClN2O3S/c21-17-12-11-15(23(25)26)13-18(17)22-20(24)19(14-7-3-1-4-8-14)27-16-9-5-2-6-10-16/h1-13,19H,(H,22,24)/t19-/m0/s1. The van der Waals surface area contributed by atoms with E-state index in [0.29, 0.717) is 0 Å². The summed E-state index contributed by atoms with van der Waals surface area (Å²) < 4.78 is 0. The van der Waals surface area contributed by atoms with E-state index in [4.69, 9.17) is 11.6 Å². The fourth-order valence-electron chi connectivity index (χ4n) is 2.46. The van der Waals surface area contributed by atoms with Crippen molar-refractivity contribution in [3.63, 3.8) is 0 Å². The number of nitro groups is 1. The molecule has 1 atom stereocenters. The van der Waals surface area contributed by atoms with E-state index in [9.17, 15) is 14.9 Å². The molecule has 0 radical (unpaired) electrons. The van der Waals surface area contributed by atoms with E-state index < -0.39 is 10.2 Å². The molecule has 3 aromatic carbocycles. The molecule has 0 saturated carbocycles. The van der Waals surface area contributed by atoms with Crippen LogP contribution < -0.4 is 5.32 Å². The highest BCUT2D eigenvalue weighted by atomic mass is 35.5. The van der Waals surface area contributed by atoms with Crippen LogP contribution in [0, 0.1) is 10.1 Å². The Labute approximate surface area is 165 Å². The predicted octanol–water partition coefficient (Wildman–Crippen LogP) is 5.72. The average Bonchev–Trinajstić information content (AvgIpc) is 2.69. The molecule has 5 nitrogen and oxygen atoms in total. The molecule has 0 saturated heterocycles. The Morgan fingerprint density at radius 3 is 2.26 bits per heavy atom. The maximum atomic E-state index is 13.0. The second kappa shape index (κ2) is 8.70. The van der Waals surface area contributed by atoms with Crippen LogP contribution >= 0.6 is 23.4 Å². The highest BCUT2D eigenvalue weighted by Gasteiger charge is 2.23. The highest BCUT2D eigenvalue weighted by Crippen LogP contribution is 2.37. The summed E-state index contributed by atoms with van der Waals surface area (Å²) in [5.41, 5.74) is 0.900. The molecule has 0 aromatic heterocycles. The van der Waals surface area contributed by atoms with Crippen LogP contribution in [0.1, 0.15) is 10.8 Å². The van der Waals surface area contributed by atoms with Gasteiger partial charge in [-0.05, 0) is 23.8 Å². The normalized spacial score (nSPS) is 11.6. The number of nitrogens with one attached hydrogen (secondary N) is 1. The van der Waals surface area contributed by atoms with E-state index in [-0.39, 0.29) is 22.3 Å². The minimum Gasteiger partial charge on any atom is -0.323 e. The van der Waals surface area contributed by atoms with Crippen LogP contribution in [0.2, 0.25) is 5.02 Å².